The lowest BCUT2D eigenvalue weighted by atomic mass is 10.1. The summed E-state index contributed by atoms with van der Waals surface area (Å²) in [6, 6.07) is 0.597. The molecule has 1 rings (SSSR count). The fraction of sp³-hybridized carbons (Fsp3) is 0.818. The molecule has 0 atom stereocenters. The van der Waals surface area contributed by atoms with Crippen molar-refractivity contribution < 1.29 is 14.1 Å². The van der Waals surface area contributed by atoms with Crippen LogP contribution >= 0.6 is 0 Å². The number of esters is 1. The highest BCUT2D eigenvalue weighted by Crippen LogP contribution is 2.49. The molecule has 1 aliphatic rings. The predicted molar refractivity (Wildman–Crippen MR) is 58.9 cm³/mol. The normalized spacial score (nSPS) is 16.9. The van der Waals surface area contributed by atoms with Crippen molar-refractivity contribution >= 4 is 12.0 Å². The highest BCUT2D eigenvalue weighted by molar-refractivity contribution is 5.89. The maximum absolute atomic E-state index is 11.9. The van der Waals surface area contributed by atoms with Crippen LogP contribution in [0.25, 0.3) is 0 Å². The Bertz CT molecular complexity index is 287. The third-order valence-electron chi connectivity index (χ3n) is 2.91. The summed E-state index contributed by atoms with van der Waals surface area (Å²) in [4.78, 5) is 13.7. The Morgan fingerprint density at radius 2 is 1.93 bits per heavy atom. The average Bonchev–Trinajstić information content (AvgIpc) is 2.93. The fourth-order valence-electron chi connectivity index (χ4n) is 1.63. The predicted octanol–water partition coefficient (Wildman–Crippen LogP) is 0.909. The minimum Gasteiger partial charge on any atom is -0.357 e. The van der Waals surface area contributed by atoms with Crippen LogP contribution in [0.5, 0.6) is 0 Å². The van der Waals surface area contributed by atoms with Crippen molar-refractivity contribution in [3.8, 4) is 0 Å². The van der Waals surface area contributed by atoms with Gasteiger partial charge in [0.15, 0.2) is 0 Å². The van der Waals surface area contributed by atoms with Crippen LogP contribution in [0.1, 0.15) is 26.2 Å². The van der Waals surface area contributed by atoms with Crippen LogP contribution in [0, 0.1) is 5.41 Å². The van der Waals surface area contributed by atoms with E-state index < -0.39 is 0 Å². The molecule has 0 spiro atoms. The summed E-state index contributed by atoms with van der Waals surface area (Å²) >= 11 is 0. The van der Waals surface area contributed by atoms with Crippen molar-refractivity contribution in [1.29, 1.82) is 0 Å². The molecule has 0 aromatic heterocycles. The monoisotopic (exact) mass is 213 g/mol. The molecule has 1 saturated carbocycles. The molecule has 86 valence electrons. The topological polar surface area (TPSA) is 32.5 Å². The summed E-state index contributed by atoms with van der Waals surface area (Å²) in [7, 11) is 7.48. The van der Waals surface area contributed by atoms with Gasteiger partial charge >= 0.3 is 12.0 Å². The van der Waals surface area contributed by atoms with Gasteiger partial charge in [-0.2, -0.15) is 0 Å². The van der Waals surface area contributed by atoms with Gasteiger partial charge in [0.1, 0.15) is 0 Å². The Morgan fingerprint density at radius 3 is 2.20 bits per heavy atom. The quantitative estimate of drug-likeness (QED) is 0.296. The fourth-order valence-corrected chi connectivity index (χ4v) is 1.63. The molecule has 1 aliphatic carbocycles. The van der Waals surface area contributed by atoms with E-state index in [0.717, 1.165) is 19.3 Å². The van der Waals surface area contributed by atoms with E-state index in [4.69, 9.17) is 4.74 Å². The van der Waals surface area contributed by atoms with E-state index in [1.54, 1.807) is 0 Å². The lowest BCUT2D eigenvalue weighted by Gasteiger charge is -2.14. The minimum atomic E-state index is -0.183. The Kier molecular flexibility index (Phi) is 3.37. The number of ether oxygens (including phenoxy) is 1. The lowest BCUT2D eigenvalue weighted by Crippen LogP contribution is -2.36. The molecule has 0 N–H and O–H groups in total. The first-order valence-electron chi connectivity index (χ1n) is 5.37. The molecule has 15 heavy (non-hydrogen) atoms. The first kappa shape index (κ1) is 12.0. The largest absolute Gasteiger partial charge is 0.453 e. The van der Waals surface area contributed by atoms with Crippen molar-refractivity contribution in [3.05, 3.63) is 0 Å². The lowest BCUT2D eigenvalue weighted by molar-refractivity contribution is -0.479. The molecular formula is C11H21N2O2+. The Labute approximate surface area is 91.5 Å². The molecule has 4 heteroatoms. The van der Waals surface area contributed by atoms with Crippen molar-refractivity contribution in [3.63, 3.8) is 0 Å². The number of carbonyl (C=O) groups is 1. The number of rotatable bonds is 2. The molecular weight excluding hydrogens is 192 g/mol. The zero-order valence-electron chi connectivity index (χ0n) is 10.3. The van der Waals surface area contributed by atoms with E-state index in [1.807, 2.05) is 44.6 Å². The van der Waals surface area contributed by atoms with E-state index in [9.17, 15) is 4.79 Å². The van der Waals surface area contributed by atoms with Crippen molar-refractivity contribution in [2.45, 2.75) is 26.2 Å². The number of hydrogen-bond acceptors (Lipinski definition) is 2. The van der Waals surface area contributed by atoms with Gasteiger partial charge in [-0.25, -0.2) is 9.48 Å². The van der Waals surface area contributed by atoms with Gasteiger partial charge < -0.3 is 4.74 Å². The molecule has 0 bridgehead atoms. The average molecular weight is 213 g/mol. The molecule has 0 heterocycles. The Morgan fingerprint density at radius 1 is 1.40 bits per heavy atom. The van der Waals surface area contributed by atoms with Gasteiger partial charge in [-0.3, -0.25) is 4.79 Å². The van der Waals surface area contributed by atoms with Gasteiger partial charge in [-0.05, 0) is 19.3 Å². The summed E-state index contributed by atoms with van der Waals surface area (Å²) in [5.74, 6) is -0.0811. The maximum Gasteiger partial charge on any atom is 0.453 e. The summed E-state index contributed by atoms with van der Waals surface area (Å²) in [6.45, 7) is 2.04. The Hall–Kier alpha value is -1.06. The van der Waals surface area contributed by atoms with Crippen molar-refractivity contribution in [1.82, 2.24) is 4.90 Å². The summed E-state index contributed by atoms with van der Waals surface area (Å²) < 4.78 is 7.23. The maximum atomic E-state index is 11.9. The van der Waals surface area contributed by atoms with Crippen LogP contribution in [-0.2, 0) is 9.53 Å². The van der Waals surface area contributed by atoms with Crippen LogP contribution in [0.15, 0.2) is 0 Å². The zero-order chi connectivity index (χ0) is 11.6. The SMILES string of the molecule is CCC1(C(=O)OC(N(C)C)=[N+](C)C)CC1. The summed E-state index contributed by atoms with van der Waals surface area (Å²) in [6.07, 6.45) is 2.81. The standard InChI is InChI=1S/C11H21N2O2/c1-6-11(7-8-11)9(14)15-10(12(2)3)13(4)5/h6-8H2,1-5H3/q+1. The third kappa shape index (κ3) is 2.49. The van der Waals surface area contributed by atoms with Gasteiger partial charge in [0, 0.05) is 0 Å². The summed E-state index contributed by atoms with van der Waals surface area (Å²) in [5.41, 5.74) is -0.183. The van der Waals surface area contributed by atoms with Crippen molar-refractivity contribution in [2.75, 3.05) is 28.2 Å². The van der Waals surface area contributed by atoms with E-state index in [1.165, 1.54) is 0 Å². The van der Waals surface area contributed by atoms with E-state index in [2.05, 4.69) is 0 Å². The number of carbonyl (C=O) groups excluding carboxylic acids is 1. The number of nitrogens with zero attached hydrogens (tertiary/aromatic N) is 2. The zero-order valence-corrected chi connectivity index (χ0v) is 10.3. The van der Waals surface area contributed by atoms with E-state index >= 15 is 0 Å². The first-order valence-corrected chi connectivity index (χ1v) is 5.37. The third-order valence-corrected chi connectivity index (χ3v) is 2.91. The smallest absolute Gasteiger partial charge is 0.357 e. The number of amidine groups is 1. The van der Waals surface area contributed by atoms with Gasteiger partial charge in [-0.1, -0.05) is 6.92 Å². The molecule has 0 aromatic rings. The van der Waals surface area contributed by atoms with Crippen molar-refractivity contribution in [2.24, 2.45) is 5.41 Å². The van der Waals surface area contributed by atoms with Crippen LogP contribution < -0.4 is 0 Å². The molecule has 0 aliphatic heterocycles. The molecule has 0 amide bonds. The van der Waals surface area contributed by atoms with Crippen LogP contribution in [-0.4, -0.2) is 49.7 Å². The van der Waals surface area contributed by atoms with E-state index in [0.29, 0.717) is 6.02 Å². The molecule has 0 aromatic carbocycles. The summed E-state index contributed by atoms with van der Waals surface area (Å²) in [5, 5.41) is 0. The second-order valence-electron chi connectivity index (χ2n) is 4.59. The van der Waals surface area contributed by atoms with Crippen LogP contribution in [0.2, 0.25) is 0 Å². The molecule has 0 saturated heterocycles. The Balaban J connectivity index is 2.69. The van der Waals surface area contributed by atoms with Crippen LogP contribution in [0.4, 0.5) is 0 Å². The number of hydrogen-bond donors (Lipinski definition) is 0. The first-order chi connectivity index (χ1) is 6.93. The molecule has 1 fully saturated rings. The second kappa shape index (κ2) is 4.21. The van der Waals surface area contributed by atoms with Gasteiger partial charge in [0.25, 0.3) is 0 Å². The minimum absolute atomic E-state index is 0.0811. The van der Waals surface area contributed by atoms with E-state index in [-0.39, 0.29) is 11.4 Å². The molecule has 0 unspecified atom stereocenters. The second-order valence-corrected chi connectivity index (χ2v) is 4.59. The highest BCUT2D eigenvalue weighted by atomic mass is 16.6. The highest BCUT2D eigenvalue weighted by Gasteiger charge is 2.50. The van der Waals surface area contributed by atoms with Gasteiger partial charge in [0.2, 0.25) is 0 Å². The molecule has 4 nitrogen and oxygen atoms in total. The van der Waals surface area contributed by atoms with Crippen LogP contribution in [0.3, 0.4) is 0 Å². The van der Waals surface area contributed by atoms with Gasteiger partial charge in [0.05, 0.1) is 33.6 Å². The van der Waals surface area contributed by atoms with Gasteiger partial charge in [-0.15, -0.1) is 0 Å². The molecule has 0 radical (unpaired) electrons.